The van der Waals surface area contributed by atoms with Crippen molar-refractivity contribution in [3.05, 3.63) is 71.0 Å². The lowest BCUT2D eigenvalue weighted by Gasteiger charge is -2.20. The van der Waals surface area contributed by atoms with E-state index in [1.165, 1.54) is 6.07 Å². The fourth-order valence-electron chi connectivity index (χ4n) is 2.22. The van der Waals surface area contributed by atoms with Gasteiger partial charge in [0.2, 0.25) is 0 Å². The van der Waals surface area contributed by atoms with Crippen LogP contribution in [-0.2, 0) is 6.18 Å². The molecule has 21 heavy (non-hydrogen) atoms. The number of halogens is 4. The Bertz CT molecular complexity index is 593. The highest BCUT2D eigenvalue weighted by Gasteiger charge is 2.34. The van der Waals surface area contributed by atoms with Gasteiger partial charge in [-0.25, -0.2) is 4.39 Å². The minimum atomic E-state index is -4.68. The number of hydrogen-bond acceptors (Lipinski definition) is 1. The molecule has 0 saturated heterocycles. The molecule has 112 valence electrons. The molecule has 0 spiro atoms. The molecule has 1 N–H and O–H groups in total. The van der Waals surface area contributed by atoms with Crippen molar-refractivity contribution in [3.8, 4) is 0 Å². The highest BCUT2D eigenvalue weighted by molar-refractivity contribution is 5.35. The second kappa shape index (κ2) is 6.26. The molecule has 1 unspecified atom stereocenters. The van der Waals surface area contributed by atoms with E-state index in [2.05, 4.69) is 5.32 Å². The van der Waals surface area contributed by atoms with Crippen molar-refractivity contribution in [1.82, 2.24) is 5.32 Å². The minimum Gasteiger partial charge on any atom is -0.307 e. The Morgan fingerprint density at radius 3 is 2.19 bits per heavy atom. The summed E-state index contributed by atoms with van der Waals surface area (Å²) in [6.45, 7) is 2.50. The van der Waals surface area contributed by atoms with Crippen molar-refractivity contribution in [2.75, 3.05) is 6.54 Å². The summed E-state index contributed by atoms with van der Waals surface area (Å²) in [6, 6.07) is 11.9. The predicted octanol–water partition coefficient (Wildman–Crippen LogP) is 4.54. The molecule has 0 radical (unpaired) electrons. The third-order valence-electron chi connectivity index (χ3n) is 3.17. The molecule has 0 saturated carbocycles. The van der Waals surface area contributed by atoms with Crippen molar-refractivity contribution in [1.29, 1.82) is 0 Å². The van der Waals surface area contributed by atoms with Crippen LogP contribution in [0.3, 0.4) is 0 Å². The van der Waals surface area contributed by atoms with Crippen molar-refractivity contribution >= 4 is 0 Å². The van der Waals surface area contributed by atoms with Crippen molar-refractivity contribution < 1.29 is 17.6 Å². The maximum atomic E-state index is 13.7. The second-order valence-corrected chi connectivity index (χ2v) is 4.64. The third-order valence-corrected chi connectivity index (χ3v) is 3.17. The highest BCUT2D eigenvalue weighted by atomic mass is 19.4. The van der Waals surface area contributed by atoms with Crippen molar-refractivity contribution in [2.24, 2.45) is 0 Å². The van der Waals surface area contributed by atoms with Crippen molar-refractivity contribution in [3.63, 3.8) is 0 Å². The molecule has 0 aliphatic heterocycles. The van der Waals surface area contributed by atoms with Crippen molar-refractivity contribution in [2.45, 2.75) is 19.1 Å². The van der Waals surface area contributed by atoms with Crippen LogP contribution in [0, 0.1) is 5.82 Å². The highest BCUT2D eigenvalue weighted by Crippen LogP contribution is 2.33. The van der Waals surface area contributed by atoms with Crippen LogP contribution in [0.5, 0.6) is 0 Å². The van der Waals surface area contributed by atoms with Crippen LogP contribution < -0.4 is 5.32 Å². The Morgan fingerprint density at radius 1 is 1.00 bits per heavy atom. The molecule has 0 amide bonds. The molecule has 0 aliphatic carbocycles. The average molecular weight is 297 g/mol. The van der Waals surface area contributed by atoms with Gasteiger partial charge in [-0.15, -0.1) is 0 Å². The average Bonchev–Trinajstić information content (AvgIpc) is 2.44. The molecule has 2 rings (SSSR count). The van der Waals surface area contributed by atoms with Gasteiger partial charge in [0.1, 0.15) is 5.82 Å². The summed E-state index contributed by atoms with van der Waals surface area (Å²) in [5.41, 5.74) is 0.0987. The Balaban J connectivity index is 2.41. The Labute approximate surface area is 120 Å². The van der Waals surface area contributed by atoms with Gasteiger partial charge in [-0.2, -0.15) is 13.2 Å². The number of alkyl halides is 3. The first-order valence-corrected chi connectivity index (χ1v) is 6.58. The van der Waals surface area contributed by atoms with E-state index in [-0.39, 0.29) is 6.04 Å². The number of hydrogen-bond donors (Lipinski definition) is 1. The van der Waals surface area contributed by atoms with Gasteiger partial charge in [-0.05, 0) is 29.8 Å². The zero-order valence-corrected chi connectivity index (χ0v) is 11.4. The molecule has 1 atom stereocenters. The van der Waals surface area contributed by atoms with E-state index in [0.717, 1.165) is 17.7 Å². The molecule has 1 nitrogen and oxygen atoms in total. The molecule has 0 bridgehead atoms. The van der Waals surface area contributed by atoms with E-state index in [1.54, 1.807) is 0 Å². The maximum absolute atomic E-state index is 13.7. The van der Waals surface area contributed by atoms with Crippen LogP contribution in [0.15, 0.2) is 48.5 Å². The van der Waals surface area contributed by atoms with Gasteiger partial charge in [0.05, 0.1) is 11.6 Å². The molecular weight excluding hydrogens is 282 g/mol. The van der Waals surface area contributed by atoms with E-state index in [0.29, 0.717) is 12.1 Å². The normalized spacial score (nSPS) is 13.2. The Morgan fingerprint density at radius 2 is 1.67 bits per heavy atom. The molecule has 0 aromatic heterocycles. The van der Waals surface area contributed by atoms with E-state index in [9.17, 15) is 17.6 Å². The van der Waals surface area contributed by atoms with Crippen LogP contribution in [0.2, 0.25) is 0 Å². The second-order valence-electron chi connectivity index (χ2n) is 4.64. The summed E-state index contributed by atoms with van der Waals surface area (Å²) >= 11 is 0. The zero-order valence-electron chi connectivity index (χ0n) is 11.4. The Kier molecular flexibility index (Phi) is 4.63. The molecule has 5 heteroatoms. The number of nitrogens with one attached hydrogen (secondary N) is 1. The van der Waals surface area contributed by atoms with Gasteiger partial charge in [0.25, 0.3) is 0 Å². The summed E-state index contributed by atoms with van der Waals surface area (Å²) in [7, 11) is 0. The number of rotatable bonds is 4. The zero-order chi connectivity index (χ0) is 15.5. The van der Waals surface area contributed by atoms with Crippen LogP contribution >= 0.6 is 0 Å². The fourth-order valence-corrected chi connectivity index (χ4v) is 2.22. The standard InChI is InChI=1S/C16H15F4N/c1-2-21-15(11-6-4-3-5-7-11)12-8-9-13(14(17)10-12)16(18,19)20/h3-10,15,21H,2H2,1H3. The van der Waals surface area contributed by atoms with Gasteiger partial charge >= 0.3 is 6.18 Å². The summed E-state index contributed by atoms with van der Waals surface area (Å²) in [6.07, 6.45) is -4.68. The Hall–Kier alpha value is -1.88. The lowest BCUT2D eigenvalue weighted by atomic mass is 9.97. The maximum Gasteiger partial charge on any atom is 0.419 e. The van der Waals surface area contributed by atoms with Gasteiger partial charge in [-0.3, -0.25) is 0 Å². The lowest BCUT2D eigenvalue weighted by Crippen LogP contribution is -2.22. The molecule has 0 fully saturated rings. The summed E-state index contributed by atoms with van der Waals surface area (Å²) < 4.78 is 51.5. The van der Waals surface area contributed by atoms with Gasteiger partial charge in [0.15, 0.2) is 0 Å². The largest absolute Gasteiger partial charge is 0.419 e. The third kappa shape index (κ3) is 3.61. The summed E-state index contributed by atoms with van der Waals surface area (Å²) in [4.78, 5) is 0. The first-order valence-electron chi connectivity index (χ1n) is 6.58. The van der Waals surface area contributed by atoms with E-state index in [1.807, 2.05) is 37.3 Å². The minimum absolute atomic E-state index is 0.340. The fraction of sp³-hybridized carbons (Fsp3) is 0.250. The smallest absolute Gasteiger partial charge is 0.307 e. The molecular formula is C16H15F4N. The predicted molar refractivity (Wildman–Crippen MR) is 73.4 cm³/mol. The van der Waals surface area contributed by atoms with E-state index < -0.39 is 17.6 Å². The molecule has 0 aliphatic rings. The van der Waals surface area contributed by atoms with Gasteiger partial charge < -0.3 is 5.32 Å². The van der Waals surface area contributed by atoms with Gasteiger partial charge in [0, 0.05) is 0 Å². The monoisotopic (exact) mass is 297 g/mol. The summed E-state index contributed by atoms with van der Waals surface area (Å²) in [5, 5.41) is 3.15. The summed E-state index contributed by atoms with van der Waals surface area (Å²) in [5.74, 6) is -1.25. The lowest BCUT2D eigenvalue weighted by molar-refractivity contribution is -0.140. The first-order chi connectivity index (χ1) is 9.93. The first kappa shape index (κ1) is 15.5. The van der Waals surface area contributed by atoms with E-state index in [4.69, 9.17) is 0 Å². The molecule has 0 heterocycles. The van der Waals surface area contributed by atoms with E-state index >= 15 is 0 Å². The van der Waals surface area contributed by atoms with Gasteiger partial charge in [-0.1, -0.05) is 43.3 Å². The van der Waals surface area contributed by atoms with Crippen LogP contribution in [-0.4, -0.2) is 6.54 Å². The SMILES string of the molecule is CCNC(c1ccccc1)c1ccc(C(F)(F)F)c(F)c1. The van der Waals surface area contributed by atoms with Crippen LogP contribution in [0.25, 0.3) is 0 Å². The topological polar surface area (TPSA) is 12.0 Å². The quantitative estimate of drug-likeness (QED) is 0.817. The molecule has 2 aromatic rings. The number of benzene rings is 2. The van der Waals surface area contributed by atoms with Crippen LogP contribution in [0.4, 0.5) is 17.6 Å². The molecule has 2 aromatic carbocycles. The van der Waals surface area contributed by atoms with Crippen LogP contribution in [0.1, 0.15) is 29.7 Å².